The highest BCUT2D eigenvalue weighted by Crippen LogP contribution is 2.44. The monoisotopic (exact) mass is 212 g/mol. The van der Waals surface area contributed by atoms with Crippen molar-refractivity contribution in [2.75, 3.05) is 6.61 Å². The fourth-order valence-corrected chi connectivity index (χ4v) is 2.78. The second kappa shape index (κ2) is 4.33. The summed E-state index contributed by atoms with van der Waals surface area (Å²) >= 11 is 0. The van der Waals surface area contributed by atoms with E-state index in [1.54, 1.807) is 6.08 Å². The largest absolute Gasteiger partial charge is 0.478 e. The SMILES string of the molecule is O=C(O)/C=C/C[C@H]1[C@@H](CO)[C@H]2CC[C@@H]1O2. The Labute approximate surface area is 88.6 Å². The van der Waals surface area contributed by atoms with Crippen molar-refractivity contribution in [3.05, 3.63) is 12.2 Å². The van der Waals surface area contributed by atoms with E-state index in [-0.39, 0.29) is 24.7 Å². The van der Waals surface area contributed by atoms with Crippen LogP contribution in [0.5, 0.6) is 0 Å². The maximum atomic E-state index is 10.3. The third-order valence-corrected chi connectivity index (χ3v) is 3.47. The zero-order chi connectivity index (χ0) is 10.8. The smallest absolute Gasteiger partial charge is 0.327 e. The van der Waals surface area contributed by atoms with Crippen molar-refractivity contribution in [1.29, 1.82) is 0 Å². The summed E-state index contributed by atoms with van der Waals surface area (Å²) in [6.45, 7) is 0.146. The van der Waals surface area contributed by atoms with Crippen molar-refractivity contribution in [3.8, 4) is 0 Å². The van der Waals surface area contributed by atoms with Crippen LogP contribution in [0.4, 0.5) is 0 Å². The molecule has 0 amide bonds. The van der Waals surface area contributed by atoms with Gasteiger partial charge in [-0.2, -0.15) is 0 Å². The predicted molar refractivity (Wildman–Crippen MR) is 53.4 cm³/mol. The average Bonchev–Trinajstić information content (AvgIpc) is 2.76. The van der Waals surface area contributed by atoms with E-state index in [9.17, 15) is 9.90 Å². The van der Waals surface area contributed by atoms with Crippen LogP contribution in [0, 0.1) is 11.8 Å². The van der Waals surface area contributed by atoms with Crippen LogP contribution in [-0.2, 0) is 9.53 Å². The summed E-state index contributed by atoms with van der Waals surface area (Å²) in [7, 11) is 0. The highest BCUT2D eigenvalue weighted by Gasteiger charge is 2.47. The quantitative estimate of drug-likeness (QED) is 0.676. The van der Waals surface area contributed by atoms with Gasteiger partial charge in [0.15, 0.2) is 0 Å². The molecule has 2 aliphatic heterocycles. The third-order valence-electron chi connectivity index (χ3n) is 3.47. The number of fused-ring (bicyclic) bond motifs is 2. The van der Waals surface area contributed by atoms with Crippen molar-refractivity contribution in [2.45, 2.75) is 31.5 Å². The molecule has 2 fully saturated rings. The lowest BCUT2D eigenvalue weighted by atomic mass is 9.78. The normalized spacial score (nSPS) is 39.0. The standard InChI is InChI=1S/C11H16O4/c12-6-8-7(2-1-3-11(13)14)9-4-5-10(8)15-9/h1,3,7-10,12H,2,4-6H2,(H,13,14)/b3-1+/t7-,8+,9-,10+/m0/s1. The second-order valence-corrected chi connectivity index (χ2v) is 4.28. The van der Waals surface area contributed by atoms with Crippen LogP contribution in [0.1, 0.15) is 19.3 Å². The molecule has 2 heterocycles. The topological polar surface area (TPSA) is 66.8 Å². The first kappa shape index (κ1) is 10.6. The number of carboxylic acid groups (broad SMARTS) is 1. The van der Waals surface area contributed by atoms with E-state index in [1.807, 2.05) is 0 Å². The number of rotatable bonds is 4. The zero-order valence-corrected chi connectivity index (χ0v) is 8.50. The summed E-state index contributed by atoms with van der Waals surface area (Å²) in [5.41, 5.74) is 0. The molecule has 0 aliphatic carbocycles. The van der Waals surface area contributed by atoms with E-state index in [4.69, 9.17) is 9.84 Å². The summed E-state index contributed by atoms with van der Waals surface area (Å²) in [4.78, 5) is 10.3. The molecule has 2 rings (SSSR count). The number of carboxylic acids is 1. The van der Waals surface area contributed by atoms with Crippen molar-refractivity contribution >= 4 is 5.97 Å². The Morgan fingerprint density at radius 2 is 2.00 bits per heavy atom. The van der Waals surface area contributed by atoms with Gasteiger partial charge in [-0.15, -0.1) is 0 Å². The minimum atomic E-state index is -0.917. The van der Waals surface area contributed by atoms with Gasteiger partial charge in [-0.3, -0.25) is 0 Å². The van der Waals surface area contributed by atoms with Crippen LogP contribution in [0.25, 0.3) is 0 Å². The number of hydrogen-bond donors (Lipinski definition) is 2. The molecular weight excluding hydrogens is 196 g/mol. The molecule has 84 valence electrons. The van der Waals surface area contributed by atoms with E-state index in [0.717, 1.165) is 12.8 Å². The van der Waals surface area contributed by atoms with Gasteiger partial charge in [0.25, 0.3) is 0 Å². The number of allylic oxidation sites excluding steroid dienone is 1. The lowest BCUT2D eigenvalue weighted by Gasteiger charge is -2.25. The van der Waals surface area contributed by atoms with E-state index in [2.05, 4.69) is 0 Å². The zero-order valence-electron chi connectivity index (χ0n) is 8.50. The Morgan fingerprint density at radius 1 is 1.33 bits per heavy atom. The summed E-state index contributed by atoms with van der Waals surface area (Å²) in [5, 5.41) is 17.7. The minimum Gasteiger partial charge on any atom is -0.478 e. The van der Waals surface area contributed by atoms with E-state index in [0.29, 0.717) is 12.3 Å². The van der Waals surface area contributed by atoms with Gasteiger partial charge in [0, 0.05) is 18.6 Å². The lowest BCUT2D eigenvalue weighted by Crippen LogP contribution is -2.29. The predicted octanol–water partition coefficient (Wildman–Crippen LogP) is 0.803. The molecule has 4 atom stereocenters. The van der Waals surface area contributed by atoms with Crippen LogP contribution in [-0.4, -0.2) is 35.0 Å². The molecule has 15 heavy (non-hydrogen) atoms. The van der Waals surface area contributed by atoms with Crippen molar-refractivity contribution in [2.24, 2.45) is 11.8 Å². The van der Waals surface area contributed by atoms with Crippen LogP contribution < -0.4 is 0 Å². The first-order valence-electron chi connectivity index (χ1n) is 5.38. The summed E-state index contributed by atoms with van der Waals surface area (Å²) < 4.78 is 5.70. The average molecular weight is 212 g/mol. The molecule has 2 saturated heterocycles. The molecule has 2 aliphatic rings. The van der Waals surface area contributed by atoms with Crippen molar-refractivity contribution in [1.82, 2.24) is 0 Å². The number of ether oxygens (including phenoxy) is 1. The molecule has 0 spiro atoms. The third kappa shape index (κ3) is 2.06. The van der Waals surface area contributed by atoms with Gasteiger partial charge < -0.3 is 14.9 Å². The maximum Gasteiger partial charge on any atom is 0.327 e. The fraction of sp³-hybridized carbons (Fsp3) is 0.727. The van der Waals surface area contributed by atoms with E-state index >= 15 is 0 Å². The van der Waals surface area contributed by atoms with Gasteiger partial charge in [-0.05, 0) is 25.2 Å². The Balaban J connectivity index is 1.93. The van der Waals surface area contributed by atoms with Crippen molar-refractivity contribution in [3.63, 3.8) is 0 Å². The van der Waals surface area contributed by atoms with Crippen LogP contribution >= 0.6 is 0 Å². The summed E-state index contributed by atoms with van der Waals surface area (Å²) in [6, 6.07) is 0. The minimum absolute atomic E-state index is 0.146. The molecule has 4 heteroatoms. The molecule has 2 bridgehead atoms. The van der Waals surface area contributed by atoms with E-state index in [1.165, 1.54) is 6.08 Å². The lowest BCUT2D eigenvalue weighted by molar-refractivity contribution is -0.131. The molecular formula is C11H16O4. The molecule has 4 nitrogen and oxygen atoms in total. The highest BCUT2D eigenvalue weighted by molar-refractivity contribution is 5.79. The van der Waals surface area contributed by atoms with Gasteiger partial charge in [0.05, 0.1) is 12.2 Å². The Bertz CT molecular complexity index is 274. The van der Waals surface area contributed by atoms with Crippen LogP contribution in [0.3, 0.4) is 0 Å². The van der Waals surface area contributed by atoms with Gasteiger partial charge in [-0.1, -0.05) is 6.08 Å². The van der Waals surface area contributed by atoms with Crippen LogP contribution in [0.15, 0.2) is 12.2 Å². The molecule has 0 radical (unpaired) electrons. The molecule has 0 saturated carbocycles. The number of aliphatic carboxylic acids is 1. The van der Waals surface area contributed by atoms with E-state index < -0.39 is 5.97 Å². The van der Waals surface area contributed by atoms with Gasteiger partial charge >= 0.3 is 5.97 Å². The van der Waals surface area contributed by atoms with Crippen LogP contribution in [0.2, 0.25) is 0 Å². The molecule has 2 N–H and O–H groups in total. The summed E-state index contributed by atoms with van der Waals surface area (Å²) in [6.07, 6.45) is 6.04. The summed E-state index contributed by atoms with van der Waals surface area (Å²) in [5.74, 6) is -0.425. The first-order valence-corrected chi connectivity index (χ1v) is 5.38. The molecule has 0 aromatic heterocycles. The molecule has 0 unspecified atom stereocenters. The van der Waals surface area contributed by atoms with Gasteiger partial charge in [-0.25, -0.2) is 4.79 Å². The van der Waals surface area contributed by atoms with Gasteiger partial charge in [0.1, 0.15) is 0 Å². The first-order chi connectivity index (χ1) is 7.22. The number of carbonyl (C=O) groups is 1. The Morgan fingerprint density at radius 3 is 2.60 bits per heavy atom. The Hall–Kier alpha value is -0.870. The number of hydrogen-bond acceptors (Lipinski definition) is 3. The maximum absolute atomic E-state index is 10.3. The van der Waals surface area contributed by atoms with Gasteiger partial charge in [0.2, 0.25) is 0 Å². The number of aliphatic hydroxyl groups is 1. The Kier molecular flexibility index (Phi) is 3.07. The molecule has 0 aromatic carbocycles. The second-order valence-electron chi connectivity index (χ2n) is 4.28. The highest BCUT2D eigenvalue weighted by atomic mass is 16.5. The fourth-order valence-electron chi connectivity index (χ4n) is 2.78. The molecule has 0 aromatic rings. The van der Waals surface area contributed by atoms with Crippen molar-refractivity contribution < 1.29 is 19.7 Å². The number of aliphatic hydroxyl groups excluding tert-OH is 1.